The predicted octanol–water partition coefficient (Wildman–Crippen LogP) is 1.53. The molecule has 2 nitrogen and oxygen atoms in total. The molecule has 1 aromatic heterocycles. The van der Waals surface area contributed by atoms with Gasteiger partial charge in [-0.05, 0) is 32.4 Å². The molecule has 1 rings (SSSR count). The van der Waals surface area contributed by atoms with Crippen LogP contribution in [0.5, 0.6) is 0 Å². The van der Waals surface area contributed by atoms with Gasteiger partial charge in [0.1, 0.15) is 0 Å². The van der Waals surface area contributed by atoms with Gasteiger partial charge in [0.2, 0.25) is 0 Å². The Morgan fingerprint density at radius 1 is 1.58 bits per heavy atom. The first-order valence-electron chi connectivity index (χ1n) is 3.94. The monoisotopic (exact) mass is 185 g/mol. The summed E-state index contributed by atoms with van der Waals surface area (Å²) in [6, 6.07) is 2.05. The lowest BCUT2D eigenvalue weighted by Gasteiger charge is -2.19. The fraction of sp³-hybridized carbons (Fsp3) is 0.556. The van der Waals surface area contributed by atoms with Crippen molar-refractivity contribution in [1.82, 2.24) is 0 Å². The van der Waals surface area contributed by atoms with E-state index in [4.69, 9.17) is 10.8 Å². The molecule has 0 amide bonds. The summed E-state index contributed by atoms with van der Waals surface area (Å²) >= 11 is 1.66. The smallest absolute Gasteiger partial charge is 0.0709 e. The van der Waals surface area contributed by atoms with E-state index in [1.807, 2.05) is 6.92 Å². The molecule has 12 heavy (non-hydrogen) atoms. The van der Waals surface area contributed by atoms with Crippen molar-refractivity contribution in [2.75, 3.05) is 6.61 Å². The highest BCUT2D eigenvalue weighted by Gasteiger charge is 2.22. The third-order valence-electron chi connectivity index (χ3n) is 2.06. The number of hydrogen-bond donors (Lipinski definition) is 2. The Hall–Kier alpha value is -0.380. The van der Waals surface area contributed by atoms with Gasteiger partial charge in [-0.25, -0.2) is 0 Å². The summed E-state index contributed by atoms with van der Waals surface area (Å²) in [6.07, 6.45) is 0. The summed E-state index contributed by atoms with van der Waals surface area (Å²) in [4.78, 5) is 2.33. The van der Waals surface area contributed by atoms with E-state index in [0.717, 1.165) is 4.88 Å². The van der Waals surface area contributed by atoms with Gasteiger partial charge < -0.3 is 10.8 Å². The molecule has 1 atom stereocenters. The van der Waals surface area contributed by atoms with Crippen LogP contribution in [-0.4, -0.2) is 11.7 Å². The second kappa shape index (κ2) is 3.17. The van der Waals surface area contributed by atoms with E-state index in [2.05, 4.69) is 19.9 Å². The van der Waals surface area contributed by atoms with E-state index in [1.165, 1.54) is 10.4 Å². The van der Waals surface area contributed by atoms with Crippen LogP contribution in [0.4, 0.5) is 0 Å². The van der Waals surface area contributed by atoms with Crippen LogP contribution < -0.4 is 5.73 Å². The lowest BCUT2D eigenvalue weighted by molar-refractivity contribution is 0.212. The molecule has 0 spiro atoms. The highest BCUT2D eigenvalue weighted by atomic mass is 32.1. The van der Waals surface area contributed by atoms with Gasteiger partial charge in [0.15, 0.2) is 0 Å². The van der Waals surface area contributed by atoms with Crippen LogP contribution >= 0.6 is 11.3 Å². The molecule has 0 bridgehead atoms. The molecule has 1 unspecified atom stereocenters. The Morgan fingerprint density at radius 2 is 2.17 bits per heavy atom. The minimum absolute atomic E-state index is 0.00755. The molecule has 68 valence electrons. The van der Waals surface area contributed by atoms with Crippen LogP contribution in [0, 0.1) is 13.8 Å². The van der Waals surface area contributed by atoms with E-state index in [9.17, 15) is 0 Å². The van der Waals surface area contributed by atoms with Crippen LogP contribution in [0.15, 0.2) is 6.07 Å². The minimum Gasteiger partial charge on any atom is -0.394 e. The molecule has 1 aromatic rings. The lowest BCUT2D eigenvalue weighted by Crippen LogP contribution is -2.35. The van der Waals surface area contributed by atoms with E-state index in [-0.39, 0.29) is 6.61 Å². The molecule has 0 saturated heterocycles. The van der Waals surface area contributed by atoms with Crippen molar-refractivity contribution in [2.24, 2.45) is 5.73 Å². The molecular formula is C9H15NOS. The molecule has 0 fully saturated rings. The standard InChI is InChI=1S/C9H15NOS/c1-6-4-8(12-7(6)2)9(3,10)5-11/h4,11H,5,10H2,1-3H3. The third-order valence-corrected chi connectivity index (χ3v) is 3.49. The van der Waals surface area contributed by atoms with Gasteiger partial charge in [0.25, 0.3) is 0 Å². The number of rotatable bonds is 2. The number of thiophene rings is 1. The van der Waals surface area contributed by atoms with Gasteiger partial charge in [0, 0.05) is 9.75 Å². The van der Waals surface area contributed by atoms with E-state index in [1.54, 1.807) is 11.3 Å². The summed E-state index contributed by atoms with van der Waals surface area (Å²) in [5, 5.41) is 9.03. The fourth-order valence-electron chi connectivity index (χ4n) is 0.933. The van der Waals surface area contributed by atoms with Gasteiger partial charge in [-0.15, -0.1) is 11.3 Å². The molecule has 0 radical (unpaired) electrons. The minimum atomic E-state index is -0.580. The summed E-state index contributed by atoms with van der Waals surface area (Å²) in [5.41, 5.74) is 6.55. The second-order valence-electron chi connectivity index (χ2n) is 3.43. The Bertz CT molecular complexity index is 259. The number of nitrogens with two attached hydrogens (primary N) is 1. The first kappa shape index (κ1) is 9.71. The molecule has 0 saturated carbocycles. The fourth-order valence-corrected chi connectivity index (χ4v) is 2.02. The largest absolute Gasteiger partial charge is 0.394 e. The van der Waals surface area contributed by atoms with Crippen molar-refractivity contribution in [3.63, 3.8) is 0 Å². The predicted molar refractivity (Wildman–Crippen MR) is 52.4 cm³/mol. The average Bonchev–Trinajstić information content (AvgIpc) is 2.33. The summed E-state index contributed by atoms with van der Waals surface area (Å²) < 4.78 is 0. The van der Waals surface area contributed by atoms with Gasteiger partial charge >= 0.3 is 0 Å². The molecule has 1 heterocycles. The zero-order chi connectivity index (χ0) is 9.35. The lowest BCUT2D eigenvalue weighted by atomic mass is 10.0. The summed E-state index contributed by atoms with van der Waals surface area (Å²) in [6.45, 7) is 5.96. The van der Waals surface area contributed by atoms with Gasteiger partial charge in [0.05, 0.1) is 12.1 Å². The Morgan fingerprint density at radius 3 is 2.50 bits per heavy atom. The molecule has 0 aromatic carbocycles. The maximum Gasteiger partial charge on any atom is 0.0709 e. The normalized spacial score (nSPS) is 16.1. The van der Waals surface area contributed by atoms with Crippen LogP contribution in [0.25, 0.3) is 0 Å². The van der Waals surface area contributed by atoms with E-state index in [0.29, 0.717) is 0 Å². The Labute approximate surface area is 77.0 Å². The molecule has 3 N–H and O–H groups in total. The topological polar surface area (TPSA) is 46.2 Å². The third kappa shape index (κ3) is 1.68. The van der Waals surface area contributed by atoms with E-state index >= 15 is 0 Å². The van der Waals surface area contributed by atoms with Crippen molar-refractivity contribution in [3.8, 4) is 0 Å². The summed E-state index contributed by atoms with van der Waals surface area (Å²) in [7, 11) is 0. The maximum atomic E-state index is 9.03. The van der Waals surface area contributed by atoms with Crippen LogP contribution in [0.1, 0.15) is 22.2 Å². The highest BCUT2D eigenvalue weighted by Crippen LogP contribution is 2.28. The van der Waals surface area contributed by atoms with Crippen molar-refractivity contribution in [2.45, 2.75) is 26.3 Å². The number of aryl methyl sites for hydroxylation is 2. The number of aliphatic hydroxyl groups is 1. The summed E-state index contributed by atoms with van der Waals surface area (Å²) in [5.74, 6) is 0. The number of aliphatic hydroxyl groups excluding tert-OH is 1. The van der Waals surface area contributed by atoms with Crippen LogP contribution in [-0.2, 0) is 5.54 Å². The first-order valence-corrected chi connectivity index (χ1v) is 4.76. The second-order valence-corrected chi connectivity index (χ2v) is 4.68. The molecule has 0 aliphatic carbocycles. The zero-order valence-corrected chi connectivity index (χ0v) is 8.53. The molecule has 0 aliphatic rings. The Balaban J connectivity index is 3.04. The van der Waals surface area contributed by atoms with Crippen molar-refractivity contribution < 1.29 is 5.11 Å². The molecular weight excluding hydrogens is 170 g/mol. The average molecular weight is 185 g/mol. The maximum absolute atomic E-state index is 9.03. The first-order chi connectivity index (χ1) is 5.47. The van der Waals surface area contributed by atoms with Crippen LogP contribution in [0.2, 0.25) is 0 Å². The zero-order valence-electron chi connectivity index (χ0n) is 7.72. The van der Waals surface area contributed by atoms with Crippen molar-refractivity contribution >= 4 is 11.3 Å². The molecule has 3 heteroatoms. The molecule has 0 aliphatic heterocycles. The van der Waals surface area contributed by atoms with Gasteiger partial charge in [-0.3, -0.25) is 0 Å². The number of hydrogen-bond acceptors (Lipinski definition) is 3. The van der Waals surface area contributed by atoms with Crippen LogP contribution in [0.3, 0.4) is 0 Å². The SMILES string of the molecule is Cc1cc(C(C)(N)CO)sc1C. The highest BCUT2D eigenvalue weighted by molar-refractivity contribution is 7.12. The van der Waals surface area contributed by atoms with Gasteiger partial charge in [-0.1, -0.05) is 0 Å². The van der Waals surface area contributed by atoms with Crippen molar-refractivity contribution in [3.05, 3.63) is 21.4 Å². The van der Waals surface area contributed by atoms with Crippen molar-refractivity contribution in [1.29, 1.82) is 0 Å². The Kier molecular flexibility index (Phi) is 2.56. The van der Waals surface area contributed by atoms with Gasteiger partial charge in [-0.2, -0.15) is 0 Å². The van der Waals surface area contributed by atoms with E-state index < -0.39 is 5.54 Å². The quantitative estimate of drug-likeness (QED) is 0.734.